The van der Waals surface area contributed by atoms with Gasteiger partial charge in [0.2, 0.25) is 0 Å². The molecule has 4 nitrogen and oxygen atoms in total. The number of aromatic nitrogens is 4. The number of rotatable bonds is 2. The topological polar surface area (TPSA) is 35.6 Å². The molecule has 0 unspecified atom stereocenters. The summed E-state index contributed by atoms with van der Waals surface area (Å²) < 4.78 is 4.82. The molecule has 0 spiro atoms. The quantitative estimate of drug-likeness (QED) is 0.302. The van der Waals surface area contributed by atoms with Crippen molar-refractivity contribution in [1.29, 1.82) is 0 Å². The fraction of sp³-hybridized carbons (Fsp3) is 0. The van der Waals surface area contributed by atoms with E-state index in [4.69, 9.17) is 9.97 Å². The molecular formula is C32H17BN4S. The Kier molecular flexibility index (Phi) is 3.42. The molecule has 2 aromatic heterocycles. The van der Waals surface area contributed by atoms with Gasteiger partial charge in [0.1, 0.15) is 11.6 Å². The minimum atomic E-state index is 0.167. The molecule has 0 saturated carbocycles. The van der Waals surface area contributed by atoms with E-state index in [1.807, 2.05) is 11.8 Å². The van der Waals surface area contributed by atoms with Crippen LogP contribution in [0, 0.1) is 0 Å². The molecule has 0 fully saturated rings. The van der Waals surface area contributed by atoms with Gasteiger partial charge < -0.3 is 0 Å². The van der Waals surface area contributed by atoms with Crippen LogP contribution in [0.2, 0.25) is 0 Å². The largest absolute Gasteiger partial charge is 0.293 e. The first-order valence-corrected chi connectivity index (χ1v) is 13.7. The predicted octanol–water partition coefficient (Wildman–Crippen LogP) is 5.31. The second-order valence-corrected chi connectivity index (χ2v) is 11.3. The minimum Gasteiger partial charge on any atom is -0.293 e. The zero-order valence-corrected chi connectivity index (χ0v) is 20.9. The molecule has 3 aliphatic rings. The highest BCUT2D eigenvalue weighted by Gasteiger charge is 2.45. The first-order chi connectivity index (χ1) is 18.9. The smallest absolute Gasteiger partial charge is 0.255 e. The van der Waals surface area contributed by atoms with Crippen molar-refractivity contribution in [3.8, 4) is 34.2 Å². The molecule has 0 N–H and O–H groups in total. The molecule has 0 saturated heterocycles. The Morgan fingerprint density at radius 1 is 0.500 bits per heavy atom. The molecule has 38 heavy (non-hydrogen) atoms. The second-order valence-electron chi connectivity index (χ2n) is 10.2. The van der Waals surface area contributed by atoms with E-state index in [0.717, 1.165) is 33.8 Å². The molecular weight excluding hydrogens is 483 g/mol. The Hall–Kier alpha value is -4.55. The Labute approximate surface area is 222 Å². The van der Waals surface area contributed by atoms with Gasteiger partial charge in [-0.15, -0.1) is 0 Å². The summed E-state index contributed by atoms with van der Waals surface area (Å²) in [5.41, 5.74) is 13.4. The summed E-state index contributed by atoms with van der Waals surface area (Å²) in [5, 5.41) is 0. The molecule has 7 aromatic rings. The summed E-state index contributed by atoms with van der Waals surface area (Å²) in [6.07, 6.45) is 0. The van der Waals surface area contributed by atoms with Crippen LogP contribution in [0.3, 0.4) is 0 Å². The van der Waals surface area contributed by atoms with Crippen molar-refractivity contribution in [2.24, 2.45) is 0 Å². The van der Waals surface area contributed by atoms with E-state index >= 15 is 0 Å². The molecule has 10 rings (SSSR count). The maximum absolute atomic E-state index is 5.22. The van der Waals surface area contributed by atoms with Gasteiger partial charge in [-0.2, -0.15) is 0 Å². The zero-order valence-electron chi connectivity index (χ0n) is 20.1. The monoisotopic (exact) mass is 500 g/mol. The molecule has 0 atom stereocenters. The number of imidazole rings is 2. The lowest BCUT2D eigenvalue weighted by Crippen LogP contribution is -2.61. The average Bonchev–Trinajstić information content (AvgIpc) is 3.57. The molecule has 5 heterocycles. The van der Waals surface area contributed by atoms with Gasteiger partial charge in [-0.1, -0.05) is 78.5 Å². The van der Waals surface area contributed by atoms with E-state index in [0.29, 0.717) is 0 Å². The summed E-state index contributed by atoms with van der Waals surface area (Å²) in [6, 6.07) is 36.8. The Balaban J connectivity index is 1.42. The molecule has 6 heteroatoms. The van der Waals surface area contributed by atoms with Crippen molar-refractivity contribution in [1.82, 2.24) is 19.1 Å². The molecule has 3 aliphatic heterocycles. The first kappa shape index (κ1) is 19.6. The highest BCUT2D eigenvalue weighted by atomic mass is 32.2. The fourth-order valence-electron chi connectivity index (χ4n) is 6.89. The van der Waals surface area contributed by atoms with E-state index in [2.05, 4.69) is 112 Å². The lowest BCUT2D eigenvalue weighted by atomic mass is 9.34. The van der Waals surface area contributed by atoms with Crippen LogP contribution < -0.4 is 16.4 Å². The number of hydrogen-bond acceptors (Lipinski definition) is 3. The van der Waals surface area contributed by atoms with Gasteiger partial charge in [0.05, 0.1) is 22.1 Å². The lowest BCUT2D eigenvalue weighted by molar-refractivity contribution is 1.07. The van der Waals surface area contributed by atoms with Crippen LogP contribution in [0.4, 0.5) is 0 Å². The summed E-state index contributed by atoms with van der Waals surface area (Å²) in [7, 11) is 0. The number of fused-ring (bicyclic) bond motifs is 2. The van der Waals surface area contributed by atoms with Gasteiger partial charge in [-0.05, 0) is 52.8 Å². The molecule has 0 aliphatic carbocycles. The predicted molar refractivity (Wildman–Crippen MR) is 155 cm³/mol. The SMILES string of the molecule is c1ccc(-c2nc3ccc4c5c3n2-c2cccc3c2B5c2c(ccc5nc(-c6ccccc6)n-3c25)S4)cc1. The van der Waals surface area contributed by atoms with Crippen LogP contribution in [0.15, 0.2) is 113 Å². The van der Waals surface area contributed by atoms with Crippen molar-refractivity contribution in [2.45, 2.75) is 9.79 Å². The number of hydrogen-bond donors (Lipinski definition) is 0. The van der Waals surface area contributed by atoms with Gasteiger partial charge in [0, 0.05) is 32.3 Å². The Bertz CT molecular complexity index is 2010. The van der Waals surface area contributed by atoms with Crippen LogP contribution in [-0.4, -0.2) is 25.8 Å². The van der Waals surface area contributed by atoms with Crippen molar-refractivity contribution < 1.29 is 0 Å². The first-order valence-electron chi connectivity index (χ1n) is 12.9. The maximum Gasteiger partial charge on any atom is 0.255 e. The molecule has 174 valence electrons. The Morgan fingerprint density at radius 3 is 1.50 bits per heavy atom. The van der Waals surface area contributed by atoms with Crippen LogP contribution in [-0.2, 0) is 0 Å². The fourth-order valence-corrected chi connectivity index (χ4v) is 8.05. The average molecular weight is 500 g/mol. The van der Waals surface area contributed by atoms with Crippen molar-refractivity contribution in [2.75, 3.05) is 0 Å². The van der Waals surface area contributed by atoms with Crippen LogP contribution >= 0.6 is 11.8 Å². The normalized spacial score (nSPS) is 13.6. The van der Waals surface area contributed by atoms with E-state index in [1.165, 1.54) is 48.6 Å². The highest BCUT2D eigenvalue weighted by Crippen LogP contribution is 2.42. The standard InChI is InChI=1S/C32H17BN4S/c1-3-8-18(9-4-1)31-34-20-14-16-24-27-29(20)36(31)22-12-7-13-23-26(22)33(27)28-25(38-24)17-15-21-30(28)37(23)32(35-21)19-10-5-2-6-11-19/h1-17H. The van der Waals surface area contributed by atoms with E-state index < -0.39 is 0 Å². The van der Waals surface area contributed by atoms with Crippen molar-refractivity contribution >= 4 is 56.9 Å². The van der Waals surface area contributed by atoms with Crippen LogP contribution in [0.25, 0.3) is 56.2 Å². The number of nitrogens with zero attached hydrogens (tertiary/aromatic N) is 4. The van der Waals surface area contributed by atoms with E-state index in [9.17, 15) is 0 Å². The van der Waals surface area contributed by atoms with E-state index in [-0.39, 0.29) is 6.71 Å². The summed E-state index contributed by atoms with van der Waals surface area (Å²) in [6.45, 7) is 0.167. The zero-order chi connectivity index (χ0) is 24.5. The maximum atomic E-state index is 5.22. The van der Waals surface area contributed by atoms with Gasteiger partial charge in [-0.25, -0.2) is 9.97 Å². The third kappa shape index (κ3) is 2.19. The summed E-state index contributed by atoms with van der Waals surface area (Å²) >= 11 is 1.88. The van der Waals surface area contributed by atoms with E-state index in [1.54, 1.807) is 0 Å². The van der Waals surface area contributed by atoms with Gasteiger partial charge in [0.15, 0.2) is 0 Å². The van der Waals surface area contributed by atoms with Gasteiger partial charge in [0.25, 0.3) is 6.71 Å². The van der Waals surface area contributed by atoms with Gasteiger partial charge >= 0.3 is 0 Å². The number of benzene rings is 5. The third-order valence-electron chi connectivity index (χ3n) is 8.33. The minimum absolute atomic E-state index is 0.167. The molecule has 5 aromatic carbocycles. The molecule has 0 radical (unpaired) electrons. The van der Waals surface area contributed by atoms with Crippen LogP contribution in [0.1, 0.15) is 0 Å². The van der Waals surface area contributed by atoms with Crippen molar-refractivity contribution in [3.05, 3.63) is 103 Å². The van der Waals surface area contributed by atoms with Crippen LogP contribution in [0.5, 0.6) is 0 Å². The summed E-state index contributed by atoms with van der Waals surface area (Å²) in [4.78, 5) is 13.1. The molecule has 0 amide bonds. The highest BCUT2D eigenvalue weighted by molar-refractivity contribution is 8.00. The molecule has 0 bridgehead atoms. The Morgan fingerprint density at radius 2 is 1.00 bits per heavy atom. The van der Waals surface area contributed by atoms with Gasteiger partial charge in [-0.3, -0.25) is 9.13 Å². The lowest BCUT2D eigenvalue weighted by Gasteiger charge is -2.37. The van der Waals surface area contributed by atoms with Crippen molar-refractivity contribution in [3.63, 3.8) is 0 Å². The second kappa shape index (κ2) is 6.66. The summed E-state index contributed by atoms with van der Waals surface area (Å²) in [5.74, 6) is 1.99. The third-order valence-corrected chi connectivity index (χ3v) is 9.48.